The minimum atomic E-state index is -0.382. The van der Waals surface area contributed by atoms with Gasteiger partial charge in [-0.25, -0.2) is 0 Å². The van der Waals surface area contributed by atoms with Gasteiger partial charge in [-0.15, -0.1) is 11.6 Å². The van der Waals surface area contributed by atoms with Crippen molar-refractivity contribution in [3.63, 3.8) is 0 Å². The van der Waals surface area contributed by atoms with E-state index in [1.165, 1.54) is 5.69 Å². The van der Waals surface area contributed by atoms with Gasteiger partial charge in [-0.3, -0.25) is 0 Å². The zero-order valence-corrected chi connectivity index (χ0v) is 16.5. The number of anilines is 1. The summed E-state index contributed by atoms with van der Waals surface area (Å²) in [4.78, 5) is 2.43. The Labute approximate surface area is 162 Å². The number of halogens is 1. The second-order valence-electron chi connectivity index (χ2n) is 7.77. The van der Waals surface area contributed by atoms with E-state index in [0.29, 0.717) is 12.0 Å². The molecule has 0 radical (unpaired) electrons. The maximum atomic E-state index is 10.3. The van der Waals surface area contributed by atoms with Crippen molar-refractivity contribution in [2.45, 2.75) is 63.5 Å². The minimum absolute atomic E-state index is 0.192. The van der Waals surface area contributed by atoms with Crippen molar-refractivity contribution in [1.82, 2.24) is 0 Å². The number of aliphatic hydroxyl groups excluding tert-OH is 1. The third-order valence-corrected chi connectivity index (χ3v) is 5.78. The molecule has 1 fully saturated rings. The van der Waals surface area contributed by atoms with Gasteiger partial charge in [-0.05, 0) is 61.4 Å². The highest BCUT2D eigenvalue weighted by molar-refractivity contribution is 6.21. The highest BCUT2D eigenvalue weighted by Gasteiger charge is 2.32. The van der Waals surface area contributed by atoms with Crippen molar-refractivity contribution in [2.75, 3.05) is 11.4 Å². The van der Waals surface area contributed by atoms with Gasteiger partial charge in [0, 0.05) is 24.7 Å². The smallest absolute Gasteiger partial charge is 0.103 e. The normalized spacial score (nSPS) is 21.5. The van der Waals surface area contributed by atoms with Crippen LogP contribution in [0, 0.1) is 5.92 Å². The Morgan fingerprint density at radius 2 is 2.00 bits per heavy atom. The van der Waals surface area contributed by atoms with Crippen LogP contribution in [-0.4, -0.2) is 23.1 Å². The topological polar surface area (TPSA) is 36.6 Å². The first kappa shape index (κ1) is 19.3. The van der Waals surface area contributed by atoms with Crippen LogP contribution < -0.4 is 4.90 Å². The van der Waals surface area contributed by atoms with Crippen molar-refractivity contribution in [3.8, 4) is 0 Å². The molecule has 3 atom stereocenters. The Morgan fingerprint density at radius 1 is 1.23 bits per heavy atom. The van der Waals surface area contributed by atoms with Crippen molar-refractivity contribution < 1.29 is 9.52 Å². The molecule has 4 heteroatoms. The Morgan fingerprint density at radius 3 is 2.65 bits per heavy atom. The molecule has 1 aliphatic rings. The largest absolute Gasteiger partial charge is 0.469 e. The van der Waals surface area contributed by atoms with Crippen LogP contribution in [0.1, 0.15) is 57.0 Å². The van der Waals surface area contributed by atoms with Crippen LogP contribution in [0.25, 0.3) is 0 Å². The van der Waals surface area contributed by atoms with Gasteiger partial charge in [0.05, 0.1) is 17.7 Å². The molecular weight excluding hydrogens is 346 g/mol. The molecule has 0 amide bonds. The quantitative estimate of drug-likeness (QED) is 0.613. The first-order valence-corrected chi connectivity index (χ1v) is 10.2. The molecule has 1 aromatic carbocycles. The molecule has 3 unspecified atom stereocenters. The highest BCUT2D eigenvalue weighted by Crippen LogP contribution is 2.33. The van der Waals surface area contributed by atoms with Gasteiger partial charge in [0.25, 0.3) is 0 Å². The molecule has 1 saturated heterocycles. The van der Waals surface area contributed by atoms with E-state index in [1.807, 2.05) is 12.1 Å². The SMILES string of the molecule is CC(C)CC(O)c1ccc(N2CCC(Cl)C2CCCc2ccco2)cc1. The van der Waals surface area contributed by atoms with Gasteiger partial charge in [0.2, 0.25) is 0 Å². The number of hydrogen-bond donors (Lipinski definition) is 1. The second-order valence-corrected chi connectivity index (χ2v) is 8.33. The third kappa shape index (κ3) is 4.83. The molecule has 0 bridgehead atoms. The molecular formula is C22H30ClNO2. The Hall–Kier alpha value is -1.45. The Balaban J connectivity index is 1.61. The maximum absolute atomic E-state index is 10.3. The molecule has 2 aromatic rings. The number of nitrogens with zero attached hydrogens (tertiary/aromatic N) is 1. The summed E-state index contributed by atoms with van der Waals surface area (Å²) in [5.74, 6) is 1.53. The second kappa shape index (κ2) is 8.96. The predicted octanol–water partition coefficient (Wildman–Crippen LogP) is 5.57. The van der Waals surface area contributed by atoms with Crippen LogP contribution in [0.4, 0.5) is 5.69 Å². The number of aliphatic hydroxyl groups is 1. The summed E-state index contributed by atoms with van der Waals surface area (Å²) in [5, 5.41) is 10.5. The lowest BCUT2D eigenvalue weighted by molar-refractivity contribution is 0.151. The summed E-state index contributed by atoms with van der Waals surface area (Å²) in [7, 11) is 0. The molecule has 0 aliphatic carbocycles. The molecule has 3 rings (SSSR count). The summed E-state index contributed by atoms with van der Waals surface area (Å²) in [6.07, 6.45) is 6.26. The van der Waals surface area contributed by atoms with Crippen molar-refractivity contribution in [2.24, 2.45) is 5.92 Å². The van der Waals surface area contributed by atoms with E-state index in [-0.39, 0.29) is 11.5 Å². The molecule has 26 heavy (non-hydrogen) atoms. The molecule has 3 nitrogen and oxygen atoms in total. The lowest BCUT2D eigenvalue weighted by Crippen LogP contribution is -2.33. The van der Waals surface area contributed by atoms with Crippen LogP contribution in [0.15, 0.2) is 47.1 Å². The molecule has 142 valence electrons. The zero-order chi connectivity index (χ0) is 18.5. The monoisotopic (exact) mass is 375 g/mol. The van der Waals surface area contributed by atoms with Gasteiger partial charge in [-0.2, -0.15) is 0 Å². The number of rotatable bonds is 8. The summed E-state index contributed by atoms with van der Waals surface area (Å²) < 4.78 is 5.43. The van der Waals surface area contributed by atoms with Crippen LogP contribution in [0.2, 0.25) is 0 Å². The van der Waals surface area contributed by atoms with E-state index in [4.69, 9.17) is 16.0 Å². The lowest BCUT2D eigenvalue weighted by Gasteiger charge is -2.28. The first-order valence-electron chi connectivity index (χ1n) is 9.75. The number of furan rings is 1. The molecule has 1 aliphatic heterocycles. The number of alkyl halides is 1. The Kier molecular flexibility index (Phi) is 6.66. The van der Waals surface area contributed by atoms with E-state index < -0.39 is 0 Å². The van der Waals surface area contributed by atoms with E-state index in [1.54, 1.807) is 6.26 Å². The van der Waals surface area contributed by atoms with Crippen molar-refractivity contribution in [1.29, 1.82) is 0 Å². The lowest BCUT2D eigenvalue weighted by atomic mass is 9.99. The zero-order valence-electron chi connectivity index (χ0n) is 15.8. The van der Waals surface area contributed by atoms with Crippen LogP contribution in [0.3, 0.4) is 0 Å². The van der Waals surface area contributed by atoms with E-state index in [2.05, 4.69) is 43.0 Å². The highest BCUT2D eigenvalue weighted by atomic mass is 35.5. The van der Waals surface area contributed by atoms with Gasteiger partial charge < -0.3 is 14.4 Å². The van der Waals surface area contributed by atoms with Gasteiger partial charge in [0.1, 0.15) is 5.76 Å². The average Bonchev–Trinajstić information content (AvgIpc) is 3.25. The summed E-state index contributed by atoms with van der Waals surface area (Å²) in [5.41, 5.74) is 2.20. The predicted molar refractivity (Wildman–Crippen MR) is 108 cm³/mol. The molecule has 0 saturated carbocycles. The maximum Gasteiger partial charge on any atom is 0.103 e. The Bertz CT molecular complexity index is 653. The fourth-order valence-electron chi connectivity index (χ4n) is 3.88. The molecule has 1 aromatic heterocycles. The van der Waals surface area contributed by atoms with Crippen molar-refractivity contribution >= 4 is 17.3 Å². The van der Waals surface area contributed by atoms with Gasteiger partial charge in [0.15, 0.2) is 0 Å². The van der Waals surface area contributed by atoms with Gasteiger partial charge >= 0.3 is 0 Å². The molecule has 2 heterocycles. The van der Waals surface area contributed by atoms with Crippen LogP contribution >= 0.6 is 11.6 Å². The summed E-state index contributed by atoms with van der Waals surface area (Å²) >= 11 is 6.62. The number of aryl methyl sites for hydroxylation is 1. The fourth-order valence-corrected chi connectivity index (χ4v) is 4.24. The van der Waals surface area contributed by atoms with Crippen LogP contribution in [-0.2, 0) is 6.42 Å². The van der Waals surface area contributed by atoms with E-state index >= 15 is 0 Å². The van der Waals surface area contributed by atoms with Crippen molar-refractivity contribution in [3.05, 3.63) is 54.0 Å². The molecule has 1 N–H and O–H groups in total. The summed E-state index contributed by atoms with van der Waals surface area (Å²) in [6, 6.07) is 12.7. The van der Waals surface area contributed by atoms with E-state index in [0.717, 1.165) is 50.0 Å². The first-order chi connectivity index (χ1) is 12.5. The fraction of sp³-hybridized carbons (Fsp3) is 0.545. The van der Waals surface area contributed by atoms with E-state index in [9.17, 15) is 5.11 Å². The van der Waals surface area contributed by atoms with Gasteiger partial charge in [-0.1, -0.05) is 26.0 Å². The van der Waals surface area contributed by atoms with Crippen LogP contribution in [0.5, 0.6) is 0 Å². The third-order valence-electron chi connectivity index (χ3n) is 5.27. The average molecular weight is 376 g/mol. The number of hydrogen-bond acceptors (Lipinski definition) is 3. The standard InChI is InChI=1S/C22H30ClNO2/c1-16(2)15-22(25)17-8-10-18(11-9-17)24-13-12-20(23)21(24)7-3-5-19-6-4-14-26-19/h4,6,8-11,14,16,20-22,25H,3,5,7,12-13,15H2,1-2H3. The number of benzene rings is 1. The summed E-state index contributed by atoms with van der Waals surface area (Å²) in [6.45, 7) is 5.26. The molecule has 0 spiro atoms. The minimum Gasteiger partial charge on any atom is -0.469 e.